The maximum atomic E-state index is 8.61. The van der Waals surface area contributed by atoms with Crippen LogP contribution in [0.5, 0.6) is 0 Å². The molecule has 6 heteroatoms. The Morgan fingerprint density at radius 3 is 2.94 bits per heavy atom. The van der Waals surface area contributed by atoms with Crippen LogP contribution in [0.3, 0.4) is 0 Å². The SMILES string of the molecule is CC(CNc1cnc(C#N)cn1)Cn1cccn1. The monoisotopic (exact) mass is 242 g/mol. The van der Waals surface area contributed by atoms with E-state index < -0.39 is 0 Å². The zero-order chi connectivity index (χ0) is 12.8. The summed E-state index contributed by atoms with van der Waals surface area (Å²) in [5.41, 5.74) is 0.324. The summed E-state index contributed by atoms with van der Waals surface area (Å²) in [4.78, 5) is 8.05. The number of aromatic nitrogens is 4. The first kappa shape index (κ1) is 12.0. The van der Waals surface area contributed by atoms with E-state index in [1.807, 2.05) is 23.0 Å². The van der Waals surface area contributed by atoms with Gasteiger partial charge in [-0.3, -0.25) is 4.68 Å². The Kier molecular flexibility index (Phi) is 3.86. The molecule has 1 atom stereocenters. The lowest BCUT2D eigenvalue weighted by Crippen LogP contribution is -2.18. The highest BCUT2D eigenvalue weighted by Crippen LogP contribution is 2.04. The van der Waals surface area contributed by atoms with Gasteiger partial charge in [0.15, 0.2) is 5.69 Å². The maximum absolute atomic E-state index is 8.61. The zero-order valence-electron chi connectivity index (χ0n) is 10.1. The normalized spacial score (nSPS) is 11.8. The molecule has 0 aromatic carbocycles. The lowest BCUT2D eigenvalue weighted by molar-refractivity contribution is 0.467. The molecule has 0 saturated heterocycles. The number of nitriles is 1. The maximum Gasteiger partial charge on any atom is 0.158 e. The van der Waals surface area contributed by atoms with Crippen molar-refractivity contribution in [3.05, 3.63) is 36.5 Å². The number of anilines is 1. The summed E-state index contributed by atoms with van der Waals surface area (Å²) >= 11 is 0. The molecule has 0 radical (unpaired) electrons. The van der Waals surface area contributed by atoms with Crippen molar-refractivity contribution in [1.29, 1.82) is 5.26 Å². The molecule has 0 amide bonds. The first-order valence-corrected chi connectivity index (χ1v) is 5.71. The van der Waals surface area contributed by atoms with Crippen molar-refractivity contribution in [1.82, 2.24) is 19.7 Å². The Morgan fingerprint density at radius 1 is 1.44 bits per heavy atom. The first-order valence-electron chi connectivity index (χ1n) is 5.71. The van der Waals surface area contributed by atoms with E-state index in [1.165, 1.54) is 6.20 Å². The summed E-state index contributed by atoms with van der Waals surface area (Å²) in [6.45, 7) is 3.76. The van der Waals surface area contributed by atoms with Gasteiger partial charge >= 0.3 is 0 Å². The third-order valence-electron chi connectivity index (χ3n) is 2.46. The molecule has 0 bridgehead atoms. The first-order chi connectivity index (χ1) is 8.78. The van der Waals surface area contributed by atoms with Crippen LogP contribution in [0.4, 0.5) is 5.82 Å². The van der Waals surface area contributed by atoms with Gasteiger partial charge in [0.1, 0.15) is 11.9 Å². The highest BCUT2D eigenvalue weighted by atomic mass is 15.3. The van der Waals surface area contributed by atoms with E-state index in [2.05, 4.69) is 27.3 Å². The van der Waals surface area contributed by atoms with Gasteiger partial charge in [-0.25, -0.2) is 9.97 Å². The molecule has 0 saturated carbocycles. The summed E-state index contributed by atoms with van der Waals surface area (Å²) in [5, 5.41) is 16.0. The van der Waals surface area contributed by atoms with Gasteiger partial charge in [0.25, 0.3) is 0 Å². The fourth-order valence-electron chi connectivity index (χ4n) is 1.55. The van der Waals surface area contributed by atoms with Crippen molar-refractivity contribution in [3.63, 3.8) is 0 Å². The Morgan fingerprint density at radius 2 is 2.33 bits per heavy atom. The van der Waals surface area contributed by atoms with E-state index in [0.29, 0.717) is 17.4 Å². The Hall–Kier alpha value is -2.42. The predicted octanol–water partition coefficient (Wildman–Crippen LogP) is 1.29. The molecule has 2 aromatic rings. The van der Waals surface area contributed by atoms with E-state index in [1.54, 1.807) is 12.4 Å². The second-order valence-corrected chi connectivity index (χ2v) is 4.11. The molecule has 2 rings (SSSR count). The smallest absolute Gasteiger partial charge is 0.158 e. The van der Waals surface area contributed by atoms with E-state index in [0.717, 1.165) is 13.1 Å². The number of nitrogens with one attached hydrogen (secondary N) is 1. The largest absolute Gasteiger partial charge is 0.368 e. The molecule has 1 N–H and O–H groups in total. The van der Waals surface area contributed by atoms with Crippen molar-refractivity contribution >= 4 is 5.82 Å². The van der Waals surface area contributed by atoms with Crippen LogP contribution in [0.15, 0.2) is 30.9 Å². The number of nitrogens with zero attached hydrogens (tertiary/aromatic N) is 5. The fraction of sp³-hybridized carbons (Fsp3) is 0.333. The Balaban J connectivity index is 1.81. The molecule has 0 aliphatic heterocycles. The molecule has 2 aromatic heterocycles. The average molecular weight is 242 g/mol. The van der Waals surface area contributed by atoms with Crippen molar-refractivity contribution in [2.75, 3.05) is 11.9 Å². The van der Waals surface area contributed by atoms with Crippen molar-refractivity contribution in [2.45, 2.75) is 13.5 Å². The molecule has 0 fully saturated rings. The molecule has 92 valence electrons. The minimum Gasteiger partial charge on any atom is -0.368 e. The van der Waals surface area contributed by atoms with Crippen LogP contribution in [0.2, 0.25) is 0 Å². The van der Waals surface area contributed by atoms with Gasteiger partial charge in [-0.1, -0.05) is 6.92 Å². The minimum atomic E-state index is 0.324. The Bertz CT molecular complexity index is 511. The third kappa shape index (κ3) is 3.28. The fourth-order valence-corrected chi connectivity index (χ4v) is 1.55. The second-order valence-electron chi connectivity index (χ2n) is 4.11. The standard InChI is InChI=1S/C12H14N6/c1-10(9-18-4-2-3-17-18)6-15-12-8-14-11(5-13)7-16-12/h2-4,7-8,10H,6,9H2,1H3,(H,15,16). The van der Waals surface area contributed by atoms with Crippen LogP contribution in [0.1, 0.15) is 12.6 Å². The number of hydrogen-bond acceptors (Lipinski definition) is 5. The Labute approximate surface area is 105 Å². The molecule has 2 heterocycles. The van der Waals surface area contributed by atoms with Gasteiger partial charge < -0.3 is 5.32 Å². The number of hydrogen-bond donors (Lipinski definition) is 1. The van der Waals surface area contributed by atoms with Crippen LogP contribution < -0.4 is 5.32 Å². The number of rotatable bonds is 5. The molecule has 6 nitrogen and oxygen atoms in total. The third-order valence-corrected chi connectivity index (χ3v) is 2.46. The molecule has 0 aliphatic rings. The summed E-state index contributed by atoms with van der Waals surface area (Å²) in [6.07, 6.45) is 6.74. The summed E-state index contributed by atoms with van der Waals surface area (Å²) < 4.78 is 1.90. The van der Waals surface area contributed by atoms with Gasteiger partial charge in [-0.15, -0.1) is 0 Å². The summed E-state index contributed by atoms with van der Waals surface area (Å²) in [7, 11) is 0. The highest BCUT2D eigenvalue weighted by Gasteiger charge is 2.04. The molecule has 0 spiro atoms. The van der Waals surface area contributed by atoms with Crippen LogP contribution in [0.25, 0.3) is 0 Å². The van der Waals surface area contributed by atoms with Gasteiger partial charge in [0.2, 0.25) is 0 Å². The van der Waals surface area contributed by atoms with E-state index >= 15 is 0 Å². The molecule has 0 aliphatic carbocycles. The molecular formula is C12H14N6. The van der Waals surface area contributed by atoms with Gasteiger partial charge in [0, 0.05) is 25.5 Å². The van der Waals surface area contributed by atoms with Gasteiger partial charge in [0.05, 0.1) is 12.4 Å². The van der Waals surface area contributed by atoms with E-state index in [-0.39, 0.29) is 0 Å². The predicted molar refractivity (Wildman–Crippen MR) is 66.6 cm³/mol. The van der Waals surface area contributed by atoms with Crippen LogP contribution >= 0.6 is 0 Å². The molecule has 1 unspecified atom stereocenters. The minimum absolute atomic E-state index is 0.324. The van der Waals surface area contributed by atoms with E-state index in [4.69, 9.17) is 5.26 Å². The van der Waals surface area contributed by atoms with Crippen molar-refractivity contribution < 1.29 is 0 Å². The van der Waals surface area contributed by atoms with E-state index in [9.17, 15) is 0 Å². The summed E-state index contributed by atoms with van der Waals surface area (Å²) in [6, 6.07) is 3.84. The quantitative estimate of drug-likeness (QED) is 0.854. The van der Waals surface area contributed by atoms with Gasteiger partial charge in [-0.2, -0.15) is 10.4 Å². The van der Waals surface area contributed by atoms with Crippen LogP contribution in [-0.2, 0) is 6.54 Å². The van der Waals surface area contributed by atoms with Crippen LogP contribution in [-0.4, -0.2) is 26.3 Å². The average Bonchev–Trinajstić information content (AvgIpc) is 2.90. The van der Waals surface area contributed by atoms with Crippen molar-refractivity contribution in [3.8, 4) is 6.07 Å². The van der Waals surface area contributed by atoms with Crippen LogP contribution in [0, 0.1) is 17.2 Å². The lowest BCUT2D eigenvalue weighted by Gasteiger charge is -2.12. The molecular weight excluding hydrogens is 228 g/mol. The van der Waals surface area contributed by atoms with Crippen molar-refractivity contribution in [2.24, 2.45) is 5.92 Å². The highest BCUT2D eigenvalue weighted by molar-refractivity contribution is 5.32. The topological polar surface area (TPSA) is 79.4 Å². The lowest BCUT2D eigenvalue weighted by atomic mass is 10.2. The van der Waals surface area contributed by atoms with Gasteiger partial charge in [-0.05, 0) is 12.0 Å². The zero-order valence-corrected chi connectivity index (χ0v) is 10.1. The summed E-state index contributed by atoms with van der Waals surface area (Å²) in [5.74, 6) is 1.10. The molecule has 18 heavy (non-hydrogen) atoms. The second kappa shape index (κ2) is 5.77.